The number of azide groups is 1. The number of hydrogen-bond acceptors (Lipinski definition) is 20. The predicted molar refractivity (Wildman–Crippen MR) is 458 cm³/mol. The minimum atomic E-state index is -0.843. The van der Waals surface area contributed by atoms with Crippen molar-refractivity contribution in [2.75, 3.05) is 0 Å². The highest BCUT2D eigenvalue weighted by Gasteiger charge is 2.55. The Bertz CT molecular complexity index is 3140. The Kier molecular flexibility index (Phi) is 38.0. The molecule has 6 aliphatic heterocycles. The first kappa shape index (κ1) is 100. The van der Waals surface area contributed by atoms with Crippen LogP contribution in [0.2, 0.25) is 0 Å². The van der Waals surface area contributed by atoms with Crippen molar-refractivity contribution < 1.29 is 87.1 Å². The van der Waals surface area contributed by atoms with Gasteiger partial charge in [0.25, 0.3) is 0 Å². The van der Waals surface area contributed by atoms with Crippen LogP contribution in [-0.4, -0.2) is 206 Å². The van der Waals surface area contributed by atoms with Gasteiger partial charge in [-0.05, 0) is 235 Å². The summed E-state index contributed by atoms with van der Waals surface area (Å²) >= 11 is 0. The maximum atomic E-state index is 10.1. The molecule has 0 bridgehead atoms. The van der Waals surface area contributed by atoms with Gasteiger partial charge in [0.2, 0.25) is 0 Å². The second-order valence-corrected chi connectivity index (χ2v) is 38.6. The Morgan fingerprint density at radius 1 is 0.414 bits per heavy atom. The SMILES string of the molecule is CC1(C)O[C@H]2[C@H](O)C[C@@](C)(O)C[C@H]2O1.CC1=C[C@H]2OC(C)(C)O[C@H]2[C@H](C)C1.CCC(CC)OC1C=C(C)CC(N=[N+]=[N-])C1O.CCC(CC)O[C@@H]1C=C(C)C[C@@H](C)[C@@H]1O.CCC(CC)O[C@@H]1C=C(C)C[C@@H]2O[C@@H]21.CCC(CC)O[C@@H]1C=C(C)C[C@H]2N[C@H]21.CCC1(CC)O[C@H]2[C@H](C)CC(C)=C[C@H]2O1.C[C@@H]1C[C@@](C)(O)C[C@H]2OC(C)(C)O[C@@H]12. The van der Waals surface area contributed by atoms with Crippen molar-refractivity contribution in [1.29, 1.82) is 0 Å². The molecule has 0 aromatic carbocycles. The Hall–Kier alpha value is -3.01. The lowest BCUT2D eigenvalue weighted by Crippen LogP contribution is -2.49. The van der Waals surface area contributed by atoms with Gasteiger partial charge in [-0.25, -0.2) is 0 Å². The van der Waals surface area contributed by atoms with Gasteiger partial charge in [-0.1, -0.05) is 172 Å². The van der Waals surface area contributed by atoms with E-state index < -0.39 is 46.8 Å². The van der Waals surface area contributed by atoms with Gasteiger partial charge < -0.3 is 92.4 Å². The molecule has 14 aliphatic rings. The molecular weight excluding hydrogens is 1470 g/mol. The van der Waals surface area contributed by atoms with Crippen LogP contribution in [-0.2, 0) is 61.6 Å². The van der Waals surface area contributed by atoms with Gasteiger partial charge in [0.15, 0.2) is 23.1 Å². The van der Waals surface area contributed by atoms with Crippen LogP contribution in [0.4, 0.5) is 0 Å². The number of epoxide rings is 1. The molecule has 22 heteroatoms. The first-order valence-electron chi connectivity index (χ1n) is 45.4. The van der Waals surface area contributed by atoms with E-state index in [1.165, 1.54) is 34.3 Å². The fourth-order valence-electron chi connectivity index (χ4n) is 19.3. The number of ether oxygens (including phenoxy) is 13. The summed E-state index contributed by atoms with van der Waals surface area (Å²) in [4.78, 5) is 2.78. The zero-order chi connectivity index (χ0) is 86.3. The standard InChI is InChI=1S/C13H22O2.C13H24O2.C12H21N3O2.C12H21NO.C12H20O2.C11H20O3.C11H18O2.C10H18O4/c1-5-13(6-2)14-11-8-9(3)7-10(4)12(11)15-13;1-5-11(6-2)15-12-8-9(3)7-10(4)13(12)14;1-4-9(5-2)17-11-7-8(3)6-10(12(11)16)14-15-13;1-4-9(5-2)14-11-7-8(3)6-10-12(11)13-10;1-4-9(5-2)13-10-6-8(3)7-11-12(10)14-11;1-7-5-11(4,12)6-8-9(7)14-10(2,3)13-8;1-7-5-8(2)10-9(6-7)12-11(3,4)13-10;1-9(2)13-7-5-10(3,12)4-6(11)8(7)14-9/h8,10-12H,5-7H2,1-4H3;8,10-14H,5-7H2,1-4H3;7,9-12,16H,4-6H2,1-3H3;7,9-13H,4-6H2,1-3H3;6,9-12H,4-5,7H2,1-3H3;7-9,12H,5-6H2,1-4H3;6,8-10H,5H2,1-4H3;6-8,11-12H,4-5H2,1-3H3/t10-,11-,12+;10-,12-,13+;;10-,11-,12-;10-,11+,12-;7-,8-,9+,11-;8-,9-,10+;6-,7-,8+,10-/m11.11111/s1. The molecule has 2 saturated carbocycles. The van der Waals surface area contributed by atoms with Gasteiger partial charge in [-0.2, -0.15) is 0 Å². The van der Waals surface area contributed by atoms with E-state index in [0.29, 0.717) is 92.0 Å². The number of aliphatic hydroxyl groups excluding tert-OH is 3. The van der Waals surface area contributed by atoms with E-state index in [1.807, 2.05) is 61.5 Å². The second kappa shape index (κ2) is 44.0. The summed E-state index contributed by atoms with van der Waals surface area (Å²) in [5, 5.41) is 56.9. The number of hydrogen-bond donors (Lipinski definition) is 6. The van der Waals surface area contributed by atoms with Crippen LogP contribution in [0, 0.1) is 23.7 Å². The molecule has 14 rings (SSSR count). The molecule has 8 aliphatic carbocycles. The monoisotopic (exact) mass is 1640 g/mol. The van der Waals surface area contributed by atoms with Crippen LogP contribution in [0.3, 0.4) is 0 Å². The molecule has 6 saturated heterocycles. The molecule has 0 spiro atoms. The fourth-order valence-corrected chi connectivity index (χ4v) is 19.3. The fraction of sp³-hybridized carbons (Fsp3) is 0.872. The molecular formula is C94H164N4O18. The molecule has 26 atom stereocenters. The third-order valence-corrected chi connectivity index (χ3v) is 25.6. The highest BCUT2D eigenvalue weighted by Crippen LogP contribution is 2.47. The van der Waals surface area contributed by atoms with Crippen LogP contribution in [0.5, 0.6) is 0 Å². The van der Waals surface area contributed by atoms with E-state index in [1.54, 1.807) is 6.92 Å². The summed E-state index contributed by atoms with van der Waals surface area (Å²) in [6.07, 6.45) is 32.9. The van der Waals surface area contributed by atoms with Gasteiger partial charge in [-0.3, -0.25) is 0 Å². The highest BCUT2D eigenvalue weighted by atomic mass is 16.8. The average molecular weight is 1640 g/mol. The van der Waals surface area contributed by atoms with E-state index in [2.05, 4.69) is 177 Å². The van der Waals surface area contributed by atoms with Gasteiger partial charge in [0, 0.05) is 30.2 Å². The molecule has 8 fully saturated rings. The van der Waals surface area contributed by atoms with Crippen molar-refractivity contribution in [1.82, 2.24) is 5.32 Å². The molecule has 22 nitrogen and oxygen atoms in total. The minimum Gasteiger partial charge on any atom is -0.390 e. The van der Waals surface area contributed by atoms with Crippen LogP contribution in [0.25, 0.3) is 10.4 Å². The number of rotatable bonds is 19. The minimum absolute atomic E-state index is 0.0590. The molecule has 116 heavy (non-hydrogen) atoms. The highest BCUT2D eigenvalue weighted by molar-refractivity contribution is 5.24. The van der Waals surface area contributed by atoms with Gasteiger partial charge in [0.05, 0.1) is 109 Å². The molecule has 0 aromatic rings. The molecule has 6 heterocycles. The Morgan fingerprint density at radius 3 is 1.31 bits per heavy atom. The third kappa shape index (κ3) is 29.3. The summed E-state index contributed by atoms with van der Waals surface area (Å²) < 4.78 is 76.1. The van der Waals surface area contributed by atoms with E-state index in [9.17, 15) is 25.5 Å². The van der Waals surface area contributed by atoms with Crippen LogP contribution < -0.4 is 5.32 Å². The van der Waals surface area contributed by atoms with Crippen LogP contribution >= 0.6 is 0 Å². The lowest BCUT2D eigenvalue weighted by molar-refractivity contribution is -0.179. The summed E-state index contributed by atoms with van der Waals surface area (Å²) in [5.41, 5.74) is 15.2. The molecule has 0 radical (unpaired) electrons. The molecule has 0 amide bonds. The van der Waals surface area contributed by atoms with Crippen molar-refractivity contribution in [2.45, 2.75) is 503 Å². The number of fused-ring (bicyclic) bond motifs is 6. The van der Waals surface area contributed by atoms with Crippen molar-refractivity contribution in [3.05, 3.63) is 80.3 Å². The zero-order valence-electron chi connectivity index (χ0n) is 77.2. The van der Waals surface area contributed by atoms with E-state index in [-0.39, 0.29) is 91.2 Å². The van der Waals surface area contributed by atoms with Gasteiger partial charge in [0.1, 0.15) is 42.7 Å². The number of allylic oxidation sites excluding steroid dienone is 3. The van der Waals surface area contributed by atoms with Crippen molar-refractivity contribution >= 4 is 0 Å². The molecule has 6 N–H and O–H groups in total. The Balaban J connectivity index is 0.000000183. The summed E-state index contributed by atoms with van der Waals surface area (Å²) in [6.45, 7) is 58.0. The lowest BCUT2D eigenvalue weighted by Gasteiger charge is -2.38. The van der Waals surface area contributed by atoms with Crippen LogP contribution in [0.15, 0.2) is 75.0 Å². The molecule has 3 unspecified atom stereocenters. The Morgan fingerprint density at radius 2 is 0.802 bits per heavy atom. The van der Waals surface area contributed by atoms with E-state index in [0.717, 1.165) is 102 Å². The molecule has 0 aromatic heterocycles. The number of nitrogens with one attached hydrogen (secondary N) is 1. The Labute approximate surface area is 701 Å². The largest absolute Gasteiger partial charge is 0.390 e. The van der Waals surface area contributed by atoms with Gasteiger partial charge >= 0.3 is 0 Å². The van der Waals surface area contributed by atoms with E-state index >= 15 is 0 Å². The van der Waals surface area contributed by atoms with Gasteiger partial charge in [-0.15, -0.1) is 0 Å². The van der Waals surface area contributed by atoms with Crippen molar-refractivity contribution in [3.63, 3.8) is 0 Å². The quantitative estimate of drug-likeness (QED) is 0.0230. The number of nitrogens with zero attached hydrogens (tertiary/aromatic N) is 3. The van der Waals surface area contributed by atoms with Crippen LogP contribution in [0.1, 0.15) is 322 Å². The predicted octanol–water partition coefficient (Wildman–Crippen LogP) is 18.7. The van der Waals surface area contributed by atoms with Crippen molar-refractivity contribution in [2.24, 2.45) is 28.8 Å². The third-order valence-electron chi connectivity index (χ3n) is 25.6. The zero-order valence-corrected chi connectivity index (χ0v) is 77.2. The molecule has 668 valence electrons. The maximum absolute atomic E-state index is 10.1. The summed E-state index contributed by atoms with van der Waals surface area (Å²) in [6, 6.07) is 0.906. The number of aliphatic hydroxyl groups is 5. The van der Waals surface area contributed by atoms with Crippen molar-refractivity contribution in [3.8, 4) is 0 Å². The summed E-state index contributed by atoms with van der Waals surface area (Å²) in [7, 11) is 0. The normalized spacial score (nSPS) is 39.1. The lowest BCUT2D eigenvalue weighted by atomic mass is 9.77. The maximum Gasteiger partial charge on any atom is 0.169 e. The first-order chi connectivity index (χ1) is 54.3. The topological polar surface area (TPSA) is 295 Å². The first-order valence-corrected chi connectivity index (χ1v) is 45.4. The van der Waals surface area contributed by atoms with E-state index in [4.69, 9.17) is 67.1 Å². The smallest absolute Gasteiger partial charge is 0.169 e. The summed E-state index contributed by atoms with van der Waals surface area (Å²) in [5.74, 6) is 0.00698. The second-order valence-electron chi connectivity index (χ2n) is 38.6. The average Bonchev–Trinajstić information content (AvgIpc) is 1.72.